The first-order chi connectivity index (χ1) is 19.1. The number of nitrogens with one attached hydrogen (secondary N) is 1. The quantitative estimate of drug-likeness (QED) is 0.342. The molecule has 0 bridgehead atoms. The number of benzene rings is 2. The van der Waals surface area contributed by atoms with E-state index < -0.39 is 0 Å². The molecule has 5 heterocycles. The zero-order chi connectivity index (χ0) is 26.5. The van der Waals surface area contributed by atoms with Crippen molar-refractivity contribution in [1.29, 1.82) is 0 Å². The topological polar surface area (TPSA) is 117 Å². The molecule has 0 saturated carbocycles. The summed E-state index contributed by atoms with van der Waals surface area (Å²) in [6, 6.07) is 15.6. The summed E-state index contributed by atoms with van der Waals surface area (Å²) >= 11 is 0. The van der Waals surface area contributed by atoms with E-state index in [2.05, 4.69) is 20.3 Å². The molecule has 1 unspecified atom stereocenters. The predicted molar refractivity (Wildman–Crippen MR) is 141 cm³/mol. The SMILES string of the molecule is COc1ccccc1OCc1cccc(-c2nc3c4c(ncn3n2)Oc2n[nH]c(C)c2C4c2cnn(C)c2)c1. The molecule has 1 aliphatic rings. The molecule has 1 N–H and O–H groups in total. The molecule has 0 aliphatic carbocycles. The molecule has 0 amide bonds. The van der Waals surface area contributed by atoms with Crippen LogP contribution in [0.5, 0.6) is 23.3 Å². The number of fused-ring (bicyclic) bond motifs is 4. The Morgan fingerprint density at radius 2 is 1.92 bits per heavy atom. The van der Waals surface area contributed by atoms with Crippen molar-refractivity contribution in [2.75, 3.05) is 7.11 Å². The minimum atomic E-state index is -0.218. The van der Waals surface area contributed by atoms with Crippen molar-refractivity contribution >= 4 is 5.65 Å². The van der Waals surface area contributed by atoms with Gasteiger partial charge in [-0.15, -0.1) is 10.2 Å². The first-order valence-electron chi connectivity index (χ1n) is 12.4. The van der Waals surface area contributed by atoms with E-state index in [4.69, 9.17) is 24.3 Å². The molecule has 11 nitrogen and oxygen atoms in total. The second-order valence-electron chi connectivity index (χ2n) is 9.36. The van der Waals surface area contributed by atoms with Crippen LogP contribution >= 0.6 is 0 Å². The fourth-order valence-electron chi connectivity index (χ4n) is 5.01. The summed E-state index contributed by atoms with van der Waals surface area (Å²) in [6.07, 6.45) is 5.45. The molecule has 0 spiro atoms. The van der Waals surface area contributed by atoms with Crippen LogP contribution in [0.25, 0.3) is 17.0 Å². The van der Waals surface area contributed by atoms with Crippen molar-refractivity contribution in [1.82, 2.24) is 39.6 Å². The Kier molecular flexibility index (Phi) is 5.29. The highest BCUT2D eigenvalue weighted by atomic mass is 16.5. The Morgan fingerprint density at radius 1 is 1.05 bits per heavy atom. The van der Waals surface area contributed by atoms with Crippen molar-refractivity contribution in [2.45, 2.75) is 19.4 Å². The Bertz CT molecular complexity index is 1840. The van der Waals surface area contributed by atoms with Gasteiger partial charge >= 0.3 is 0 Å². The van der Waals surface area contributed by atoms with E-state index in [-0.39, 0.29) is 5.92 Å². The van der Waals surface area contributed by atoms with Crippen molar-refractivity contribution in [3.05, 3.63) is 95.2 Å². The largest absolute Gasteiger partial charge is 0.493 e. The van der Waals surface area contributed by atoms with Gasteiger partial charge in [0.1, 0.15) is 12.9 Å². The van der Waals surface area contributed by atoms with Crippen LogP contribution in [0.2, 0.25) is 0 Å². The molecule has 6 aromatic rings. The third kappa shape index (κ3) is 3.86. The van der Waals surface area contributed by atoms with Crippen molar-refractivity contribution in [3.8, 4) is 34.6 Å². The number of nitrogens with zero attached hydrogens (tertiary/aromatic N) is 7. The van der Waals surface area contributed by atoms with Gasteiger partial charge in [-0.1, -0.05) is 30.3 Å². The lowest BCUT2D eigenvalue weighted by atomic mass is 9.86. The van der Waals surface area contributed by atoms with Crippen LogP contribution in [0.1, 0.15) is 33.9 Å². The van der Waals surface area contributed by atoms with E-state index in [9.17, 15) is 0 Å². The highest BCUT2D eigenvalue weighted by Crippen LogP contribution is 2.48. The average molecular weight is 521 g/mol. The molecule has 2 aromatic carbocycles. The van der Waals surface area contributed by atoms with E-state index in [0.717, 1.165) is 33.5 Å². The smallest absolute Gasteiger partial charge is 0.244 e. The number of hydrogen-bond acceptors (Lipinski definition) is 8. The van der Waals surface area contributed by atoms with Gasteiger partial charge in [-0.05, 0) is 30.7 Å². The Balaban J connectivity index is 1.28. The number of methoxy groups -OCH3 is 1. The fraction of sp³-hybridized carbons (Fsp3) is 0.179. The molecule has 1 atom stereocenters. The predicted octanol–water partition coefficient (Wildman–Crippen LogP) is 4.43. The van der Waals surface area contributed by atoms with Crippen LogP contribution in [-0.2, 0) is 13.7 Å². The van der Waals surface area contributed by atoms with Crippen LogP contribution in [0.15, 0.2) is 67.3 Å². The van der Waals surface area contributed by atoms with Crippen LogP contribution in [-0.4, -0.2) is 46.7 Å². The maximum Gasteiger partial charge on any atom is 0.244 e. The Labute approximate surface area is 223 Å². The third-order valence-corrected chi connectivity index (χ3v) is 6.82. The van der Waals surface area contributed by atoms with E-state index in [1.54, 1.807) is 22.6 Å². The van der Waals surface area contributed by atoms with Crippen molar-refractivity contribution < 1.29 is 14.2 Å². The van der Waals surface area contributed by atoms with Crippen LogP contribution in [0.4, 0.5) is 0 Å². The first-order valence-corrected chi connectivity index (χ1v) is 12.4. The van der Waals surface area contributed by atoms with Crippen molar-refractivity contribution in [3.63, 3.8) is 0 Å². The van der Waals surface area contributed by atoms with Gasteiger partial charge in [0.25, 0.3) is 0 Å². The maximum atomic E-state index is 6.10. The second-order valence-corrected chi connectivity index (χ2v) is 9.36. The van der Waals surface area contributed by atoms with Crippen LogP contribution < -0.4 is 14.2 Å². The summed E-state index contributed by atoms with van der Waals surface area (Å²) < 4.78 is 21.0. The van der Waals surface area contributed by atoms with Crippen molar-refractivity contribution in [2.24, 2.45) is 7.05 Å². The van der Waals surface area contributed by atoms with E-state index in [1.165, 1.54) is 0 Å². The molecule has 39 heavy (non-hydrogen) atoms. The highest BCUT2D eigenvalue weighted by Gasteiger charge is 2.37. The summed E-state index contributed by atoms with van der Waals surface area (Å²) in [5.74, 6) is 2.69. The third-order valence-electron chi connectivity index (χ3n) is 6.82. The summed E-state index contributed by atoms with van der Waals surface area (Å²) in [7, 11) is 3.52. The molecule has 194 valence electrons. The highest BCUT2D eigenvalue weighted by molar-refractivity contribution is 5.68. The number of aromatic amines is 1. The number of ether oxygens (including phenoxy) is 3. The van der Waals surface area contributed by atoms with Gasteiger partial charge in [-0.3, -0.25) is 9.78 Å². The lowest BCUT2D eigenvalue weighted by Crippen LogP contribution is -2.14. The molecule has 0 saturated heterocycles. The van der Waals surface area contributed by atoms with Gasteiger partial charge in [0, 0.05) is 35.6 Å². The molecule has 4 aromatic heterocycles. The normalized spacial score (nSPS) is 14.1. The lowest BCUT2D eigenvalue weighted by Gasteiger charge is -2.24. The Morgan fingerprint density at radius 3 is 2.74 bits per heavy atom. The number of para-hydroxylation sites is 2. The zero-order valence-corrected chi connectivity index (χ0v) is 21.5. The summed E-state index contributed by atoms with van der Waals surface area (Å²) in [4.78, 5) is 9.53. The molecule has 0 radical (unpaired) electrons. The molecule has 1 aliphatic heterocycles. The van der Waals surface area contributed by atoms with Gasteiger partial charge in [-0.2, -0.15) is 5.10 Å². The van der Waals surface area contributed by atoms with E-state index in [0.29, 0.717) is 41.3 Å². The number of H-pyrrole nitrogens is 1. The first kappa shape index (κ1) is 23.0. The average Bonchev–Trinajstić information content (AvgIpc) is 3.69. The van der Waals surface area contributed by atoms with Crippen LogP contribution in [0, 0.1) is 6.92 Å². The van der Waals surface area contributed by atoms with E-state index in [1.807, 2.05) is 74.9 Å². The number of hydrogen-bond donors (Lipinski definition) is 1. The standard InChI is InChI=1S/C28H24N8O3/c1-16-22-23(19-12-30-35(2)13-19)24-26-31-25(34-36(26)15-29-27(24)39-28(22)33-32-16)18-8-6-7-17(11-18)14-38-21-10-5-4-9-20(21)37-3/h4-13,15,23H,14H2,1-3H3,(H,32,33). The van der Waals surface area contributed by atoms with E-state index >= 15 is 0 Å². The number of aryl methyl sites for hydroxylation is 2. The number of rotatable bonds is 6. The zero-order valence-electron chi connectivity index (χ0n) is 21.5. The minimum Gasteiger partial charge on any atom is -0.493 e. The molecular weight excluding hydrogens is 496 g/mol. The summed E-state index contributed by atoms with van der Waals surface area (Å²) in [5, 5.41) is 16.6. The fourth-order valence-corrected chi connectivity index (χ4v) is 5.01. The van der Waals surface area contributed by atoms with Gasteiger partial charge in [0.05, 0.1) is 24.8 Å². The minimum absolute atomic E-state index is 0.218. The van der Waals surface area contributed by atoms with Gasteiger partial charge in [0.2, 0.25) is 11.8 Å². The summed E-state index contributed by atoms with van der Waals surface area (Å²) in [5.41, 5.74) is 6.15. The van der Waals surface area contributed by atoms with Gasteiger partial charge in [-0.25, -0.2) is 14.5 Å². The second kappa shape index (κ2) is 8.98. The molecule has 11 heteroatoms. The monoisotopic (exact) mass is 520 g/mol. The maximum absolute atomic E-state index is 6.10. The molecule has 0 fully saturated rings. The van der Waals surface area contributed by atoms with Crippen LogP contribution in [0.3, 0.4) is 0 Å². The summed E-state index contributed by atoms with van der Waals surface area (Å²) in [6.45, 7) is 2.35. The lowest BCUT2D eigenvalue weighted by molar-refractivity contribution is 0.284. The molecular formula is C28H24N8O3. The van der Waals surface area contributed by atoms with Gasteiger partial charge in [0.15, 0.2) is 23.0 Å². The molecule has 7 rings (SSSR count). The Hall–Kier alpha value is -5.19. The number of aromatic nitrogens is 8. The van der Waals surface area contributed by atoms with Gasteiger partial charge < -0.3 is 14.2 Å².